The Morgan fingerprint density at radius 1 is 0.750 bits per heavy atom. The van der Waals surface area contributed by atoms with Gasteiger partial charge in [0.1, 0.15) is 0 Å². The third-order valence-corrected chi connectivity index (χ3v) is 0. The molecule has 0 spiro atoms. The summed E-state index contributed by atoms with van der Waals surface area (Å²) in [4.78, 5) is 0. The SMILES string of the molecule is [Hf+4].[La+3].[O-2].[O-2]. The van der Waals surface area contributed by atoms with Crippen LogP contribution in [0, 0.1) is 35.6 Å². The number of hydrogen-bond acceptors (Lipinski definition) is 0. The van der Waals surface area contributed by atoms with Crippen molar-refractivity contribution in [2.75, 3.05) is 0 Å². The Balaban J connectivity index is 0. The Labute approximate surface area is 71.3 Å². The van der Waals surface area contributed by atoms with Gasteiger partial charge in [-0.15, -0.1) is 0 Å². The molecule has 0 saturated carbocycles. The van der Waals surface area contributed by atoms with E-state index in [1.54, 1.807) is 0 Å². The van der Waals surface area contributed by atoms with E-state index in [1.807, 2.05) is 0 Å². The molecule has 0 N–H and O–H groups in total. The van der Waals surface area contributed by atoms with Gasteiger partial charge in [0.25, 0.3) is 0 Å². The molecule has 0 rings (SSSR count). The van der Waals surface area contributed by atoms with Gasteiger partial charge >= 0.3 is 61.4 Å². The summed E-state index contributed by atoms with van der Waals surface area (Å²) < 4.78 is 0. The Morgan fingerprint density at radius 3 is 0.750 bits per heavy atom. The molecule has 0 aromatic carbocycles. The van der Waals surface area contributed by atoms with E-state index in [-0.39, 0.29) is 72.4 Å². The molecule has 0 heterocycles. The van der Waals surface area contributed by atoms with Crippen molar-refractivity contribution in [2.24, 2.45) is 0 Å². The van der Waals surface area contributed by atoms with Gasteiger partial charge in [-0.2, -0.15) is 0 Å². The van der Waals surface area contributed by atoms with Gasteiger partial charge in [0, 0.05) is 0 Å². The topological polar surface area (TPSA) is 57.0 Å². The summed E-state index contributed by atoms with van der Waals surface area (Å²) in [5.41, 5.74) is 0. The molecule has 0 aliphatic heterocycles. The first-order chi connectivity index (χ1) is 0. The van der Waals surface area contributed by atoms with Crippen molar-refractivity contribution in [2.45, 2.75) is 0 Å². The van der Waals surface area contributed by atoms with Crippen molar-refractivity contribution in [3.8, 4) is 0 Å². The zero-order valence-electron chi connectivity index (χ0n) is 1.89. The maximum Gasteiger partial charge on any atom is 4.00 e. The van der Waals surface area contributed by atoms with Crippen molar-refractivity contribution < 1.29 is 72.4 Å². The van der Waals surface area contributed by atoms with Crippen LogP contribution in [0.15, 0.2) is 0 Å². The van der Waals surface area contributed by atoms with E-state index in [2.05, 4.69) is 0 Å². The summed E-state index contributed by atoms with van der Waals surface area (Å²) in [5, 5.41) is 0. The minimum Gasteiger partial charge on any atom is -2.00 e. The van der Waals surface area contributed by atoms with Gasteiger partial charge in [0.05, 0.1) is 0 Å². The predicted molar refractivity (Wildman–Crippen MR) is 1.37 cm³/mol. The average molecular weight is 349 g/mol. The smallest absolute Gasteiger partial charge is 2.00 e. The standard InChI is InChI=1S/Hf.La.2O/q+4;+3;2*-2. The van der Waals surface area contributed by atoms with Crippen LogP contribution in [0.5, 0.6) is 0 Å². The van der Waals surface area contributed by atoms with Gasteiger partial charge in [-0.3, -0.25) is 0 Å². The minimum absolute atomic E-state index is 0. The summed E-state index contributed by atoms with van der Waals surface area (Å²) in [6.07, 6.45) is 0. The van der Waals surface area contributed by atoms with Gasteiger partial charge in [0.2, 0.25) is 0 Å². The zero-order valence-corrected chi connectivity index (χ0v) is 9.11. The molecule has 2 nitrogen and oxygen atoms in total. The summed E-state index contributed by atoms with van der Waals surface area (Å²) in [6, 6.07) is 0. The van der Waals surface area contributed by atoms with Crippen molar-refractivity contribution in [1.82, 2.24) is 0 Å². The van der Waals surface area contributed by atoms with Crippen LogP contribution in [0.2, 0.25) is 0 Å². The second kappa shape index (κ2) is 20.1. The van der Waals surface area contributed by atoms with E-state index < -0.39 is 0 Å². The zero-order chi connectivity index (χ0) is 0. The van der Waals surface area contributed by atoms with Crippen LogP contribution in [0.3, 0.4) is 0 Å². The Hall–Kier alpha value is 1.98. The van der Waals surface area contributed by atoms with Crippen molar-refractivity contribution in [3.63, 3.8) is 0 Å². The summed E-state index contributed by atoms with van der Waals surface area (Å²) in [5.74, 6) is 0. The van der Waals surface area contributed by atoms with Crippen LogP contribution < -0.4 is 0 Å². The Bertz CT molecular complexity index is 6.00. The number of hydrogen-bond donors (Lipinski definition) is 0. The third-order valence-electron chi connectivity index (χ3n) is 0. The first-order valence-electron chi connectivity index (χ1n) is 0. The molecule has 4 heavy (non-hydrogen) atoms. The monoisotopic (exact) mass is 351 g/mol. The van der Waals surface area contributed by atoms with Crippen LogP contribution in [0.25, 0.3) is 0 Å². The quantitative estimate of drug-likeness (QED) is 0.542. The second-order valence-electron chi connectivity index (χ2n) is 0. The molecule has 4 heteroatoms. The molecule has 0 bridgehead atoms. The minimum atomic E-state index is 0. The molecular weight excluding hydrogens is 349 g/mol. The fourth-order valence-corrected chi connectivity index (χ4v) is 0. The summed E-state index contributed by atoms with van der Waals surface area (Å²) in [7, 11) is 0. The van der Waals surface area contributed by atoms with Gasteiger partial charge in [-0.05, 0) is 0 Å². The van der Waals surface area contributed by atoms with Crippen LogP contribution in [0.4, 0.5) is 0 Å². The van der Waals surface area contributed by atoms with Gasteiger partial charge in [-0.25, -0.2) is 0 Å². The Morgan fingerprint density at radius 2 is 0.750 bits per heavy atom. The Kier molecular flexibility index (Phi) is 190. The second-order valence-corrected chi connectivity index (χ2v) is 0. The fraction of sp³-hybridized carbons (Fsp3) is 0. The molecular formula is HfLaO2+3. The average Bonchev–Trinajstić information content (AvgIpc) is 0. The first-order valence-corrected chi connectivity index (χ1v) is 0. The fourth-order valence-electron chi connectivity index (χ4n) is 0. The molecule has 0 radical (unpaired) electrons. The van der Waals surface area contributed by atoms with Crippen molar-refractivity contribution in [1.29, 1.82) is 0 Å². The maximum atomic E-state index is 0. The first kappa shape index (κ1) is 37.7. The molecule has 0 saturated heterocycles. The molecule has 16 valence electrons. The molecule has 0 aliphatic rings. The summed E-state index contributed by atoms with van der Waals surface area (Å²) in [6.45, 7) is 0. The van der Waals surface area contributed by atoms with Crippen molar-refractivity contribution in [3.05, 3.63) is 0 Å². The molecule has 0 aliphatic carbocycles. The van der Waals surface area contributed by atoms with Crippen molar-refractivity contribution >= 4 is 0 Å². The van der Waals surface area contributed by atoms with E-state index >= 15 is 0 Å². The molecule has 0 atom stereocenters. The van der Waals surface area contributed by atoms with Crippen LogP contribution in [0.1, 0.15) is 0 Å². The largest absolute Gasteiger partial charge is 4.00 e. The van der Waals surface area contributed by atoms with Crippen LogP contribution in [-0.4, -0.2) is 0 Å². The van der Waals surface area contributed by atoms with Gasteiger partial charge < -0.3 is 11.0 Å². The van der Waals surface area contributed by atoms with Gasteiger partial charge in [-0.1, -0.05) is 0 Å². The van der Waals surface area contributed by atoms with E-state index in [0.29, 0.717) is 0 Å². The molecule has 0 fully saturated rings. The molecule has 0 amide bonds. The maximum absolute atomic E-state index is 0. The molecule has 0 aromatic heterocycles. The summed E-state index contributed by atoms with van der Waals surface area (Å²) >= 11 is 0. The van der Waals surface area contributed by atoms with E-state index in [1.165, 1.54) is 0 Å². The normalized spacial score (nSPS) is 0. The van der Waals surface area contributed by atoms with Gasteiger partial charge in [0.15, 0.2) is 0 Å². The predicted octanol–water partition coefficient (Wildman–Crippen LogP) is -0.240. The van der Waals surface area contributed by atoms with Crippen LogP contribution >= 0.6 is 0 Å². The van der Waals surface area contributed by atoms with E-state index in [4.69, 9.17) is 0 Å². The molecule has 0 unspecified atom stereocenters. The van der Waals surface area contributed by atoms with Crippen LogP contribution in [-0.2, 0) is 36.8 Å². The van der Waals surface area contributed by atoms with E-state index in [0.717, 1.165) is 0 Å². The number of rotatable bonds is 0. The molecule has 0 aromatic rings. The third kappa shape index (κ3) is 9.01. The van der Waals surface area contributed by atoms with E-state index in [9.17, 15) is 0 Å².